The van der Waals surface area contributed by atoms with Crippen LogP contribution >= 0.6 is 11.6 Å². The number of nitrogens with zero attached hydrogens (tertiary/aromatic N) is 1. The van der Waals surface area contributed by atoms with E-state index in [9.17, 15) is 8.42 Å². The number of fused-ring (bicyclic) bond motifs is 1. The Morgan fingerprint density at radius 1 is 1.31 bits per heavy atom. The summed E-state index contributed by atoms with van der Waals surface area (Å²) in [6.07, 6.45) is 2.59. The van der Waals surface area contributed by atoms with Gasteiger partial charge in [-0.3, -0.25) is 0 Å². The lowest BCUT2D eigenvalue weighted by molar-refractivity contribution is 0.125. The molecular weight excluding hydrogens is 374 g/mol. The van der Waals surface area contributed by atoms with Crippen LogP contribution in [0.1, 0.15) is 32.3 Å². The molecule has 26 heavy (non-hydrogen) atoms. The molecular formula is C19H22ClNO4S. The lowest BCUT2D eigenvalue weighted by atomic mass is 9.95. The van der Waals surface area contributed by atoms with Crippen molar-refractivity contribution < 1.29 is 17.9 Å². The molecule has 3 rings (SSSR count). The fraction of sp³-hybridized carbons (Fsp3) is 0.421. The molecule has 0 N–H and O–H groups in total. The summed E-state index contributed by atoms with van der Waals surface area (Å²) in [4.78, 5) is 4.15. The fourth-order valence-electron chi connectivity index (χ4n) is 3.11. The van der Waals surface area contributed by atoms with Crippen LogP contribution in [0, 0.1) is 0 Å². The Hall–Kier alpha value is -1.79. The molecule has 1 aliphatic carbocycles. The standard InChI is InChI=1S/C19H22ClNO4S/c1-4-24-12(3)15-6-7-18(17-11-21-19(20)10-16(15)17)25-13-8-14(9-13)26(22,23)5-2/h6-7,10-11,13-14H,3-5,8-9H2,1-2H3. The average molecular weight is 396 g/mol. The predicted octanol–water partition coefficient (Wildman–Crippen LogP) is 4.24. The summed E-state index contributed by atoms with van der Waals surface area (Å²) in [7, 11) is -3.00. The van der Waals surface area contributed by atoms with Gasteiger partial charge in [0.1, 0.15) is 22.8 Å². The van der Waals surface area contributed by atoms with Crippen LogP contribution in [-0.4, -0.2) is 37.1 Å². The van der Waals surface area contributed by atoms with Crippen LogP contribution in [0.2, 0.25) is 5.15 Å². The smallest absolute Gasteiger partial charge is 0.153 e. The van der Waals surface area contributed by atoms with E-state index in [1.54, 1.807) is 19.2 Å². The first-order chi connectivity index (χ1) is 12.4. The van der Waals surface area contributed by atoms with Gasteiger partial charge in [-0.25, -0.2) is 13.4 Å². The minimum absolute atomic E-state index is 0.110. The van der Waals surface area contributed by atoms with Gasteiger partial charge in [-0.1, -0.05) is 25.1 Å². The highest BCUT2D eigenvalue weighted by molar-refractivity contribution is 7.92. The minimum atomic E-state index is -3.00. The van der Waals surface area contributed by atoms with Crippen LogP contribution in [0.4, 0.5) is 0 Å². The molecule has 0 atom stereocenters. The van der Waals surface area contributed by atoms with Crippen molar-refractivity contribution in [3.8, 4) is 5.75 Å². The molecule has 0 amide bonds. The van der Waals surface area contributed by atoms with Crippen molar-refractivity contribution >= 4 is 38.0 Å². The molecule has 1 aliphatic rings. The zero-order valence-electron chi connectivity index (χ0n) is 14.9. The van der Waals surface area contributed by atoms with Crippen LogP contribution in [0.3, 0.4) is 0 Å². The molecule has 0 unspecified atom stereocenters. The maximum atomic E-state index is 11.9. The zero-order valence-corrected chi connectivity index (χ0v) is 16.4. The summed E-state index contributed by atoms with van der Waals surface area (Å²) in [5.74, 6) is 1.39. The van der Waals surface area contributed by atoms with Gasteiger partial charge < -0.3 is 9.47 Å². The van der Waals surface area contributed by atoms with E-state index in [1.807, 2.05) is 19.1 Å². The van der Waals surface area contributed by atoms with Crippen molar-refractivity contribution in [2.24, 2.45) is 0 Å². The van der Waals surface area contributed by atoms with E-state index in [-0.39, 0.29) is 17.1 Å². The third-order valence-electron chi connectivity index (χ3n) is 4.70. The Morgan fingerprint density at radius 2 is 2.04 bits per heavy atom. The Bertz CT molecular complexity index is 936. The van der Waals surface area contributed by atoms with Crippen molar-refractivity contribution in [3.63, 3.8) is 0 Å². The maximum absolute atomic E-state index is 11.9. The highest BCUT2D eigenvalue weighted by Crippen LogP contribution is 2.37. The third-order valence-corrected chi connectivity index (χ3v) is 7.11. The number of sulfone groups is 1. The van der Waals surface area contributed by atoms with Gasteiger partial charge in [0.15, 0.2) is 9.84 Å². The summed E-state index contributed by atoms with van der Waals surface area (Å²) in [6.45, 7) is 8.06. The van der Waals surface area contributed by atoms with Crippen molar-refractivity contribution in [1.29, 1.82) is 0 Å². The number of hydrogen-bond acceptors (Lipinski definition) is 5. The van der Waals surface area contributed by atoms with Gasteiger partial charge in [0, 0.05) is 41.1 Å². The molecule has 5 nitrogen and oxygen atoms in total. The van der Waals surface area contributed by atoms with E-state index in [0.717, 1.165) is 16.3 Å². The van der Waals surface area contributed by atoms with Gasteiger partial charge in [0.25, 0.3) is 0 Å². The number of ether oxygens (including phenoxy) is 2. The molecule has 1 aromatic carbocycles. The quantitative estimate of drug-likeness (QED) is 0.518. The molecule has 1 saturated carbocycles. The summed E-state index contributed by atoms with van der Waals surface area (Å²) >= 11 is 6.07. The number of benzene rings is 1. The lowest BCUT2D eigenvalue weighted by Crippen LogP contribution is -2.43. The van der Waals surface area contributed by atoms with Crippen molar-refractivity contribution in [3.05, 3.63) is 41.7 Å². The number of rotatable bonds is 7. The number of hydrogen-bond donors (Lipinski definition) is 0. The van der Waals surface area contributed by atoms with Crippen molar-refractivity contribution in [2.75, 3.05) is 12.4 Å². The van der Waals surface area contributed by atoms with E-state index >= 15 is 0 Å². The monoisotopic (exact) mass is 395 g/mol. The second kappa shape index (κ2) is 7.45. The largest absolute Gasteiger partial charge is 0.494 e. The molecule has 1 fully saturated rings. The Kier molecular flexibility index (Phi) is 5.44. The molecule has 1 heterocycles. The normalized spacial score (nSPS) is 19.8. The van der Waals surface area contributed by atoms with Crippen LogP contribution in [-0.2, 0) is 14.6 Å². The fourth-order valence-corrected chi connectivity index (χ4v) is 4.75. The molecule has 0 bridgehead atoms. The summed E-state index contributed by atoms with van der Waals surface area (Å²) in [5, 5.41) is 1.72. The summed E-state index contributed by atoms with van der Waals surface area (Å²) in [5.41, 5.74) is 0.832. The number of pyridine rings is 1. The Labute approximate surface area is 158 Å². The Balaban J connectivity index is 1.87. The van der Waals surface area contributed by atoms with Gasteiger partial charge in [0.05, 0.1) is 11.9 Å². The summed E-state index contributed by atoms with van der Waals surface area (Å²) in [6, 6.07) is 5.48. The highest BCUT2D eigenvalue weighted by Gasteiger charge is 2.39. The summed E-state index contributed by atoms with van der Waals surface area (Å²) < 4.78 is 35.4. The molecule has 7 heteroatoms. The molecule has 2 aromatic rings. The van der Waals surface area contributed by atoms with Crippen LogP contribution < -0.4 is 4.74 Å². The molecule has 140 valence electrons. The van der Waals surface area contributed by atoms with E-state index in [4.69, 9.17) is 21.1 Å². The third kappa shape index (κ3) is 3.67. The SMILES string of the molecule is C=C(OCC)c1ccc(OC2CC(S(=O)(=O)CC)C2)c2cnc(Cl)cc12. The molecule has 0 aliphatic heterocycles. The average Bonchev–Trinajstić information content (AvgIpc) is 2.57. The second-order valence-corrected chi connectivity index (χ2v) is 9.26. The lowest BCUT2D eigenvalue weighted by Gasteiger charge is -2.35. The van der Waals surface area contributed by atoms with Gasteiger partial charge >= 0.3 is 0 Å². The zero-order chi connectivity index (χ0) is 18.9. The van der Waals surface area contributed by atoms with Gasteiger partial charge in [-0.2, -0.15) is 0 Å². The first kappa shape index (κ1) is 19.0. The van der Waals surface area contributed by atoms with Crippen molar-refractivity contribution in [1.82, 2.24) is 4.98 Å². The van der Waals surface area contributed by atoms with Gasteiger partial charge in [-0.15, -0.1) is 0 Å². The maximum Gasteiger partial charge on any atom is 0.153 e. The van der Waals surface area contributed by atoms with Gasteiger partial charge in [-0.05, 0) is 25.1 Å². The number of halogens is 1. The molecule has 0 radical (unpaired) electrons. The predicted molar refractivity (Wildman–Crippen MR) is 104 cm³/mol. The molecule has 0 spiro atoms. The first-order valence-electron chi connectivity index (χ1n) is 8.64. The Morgan fingerprint density at radius 3 is 2.69 bits per heavy atom. The van der Waals surface area contributed by atoms with Crippen LogP contribution in [0.15, 0.2) is 31.0 Å². The highest BCUT2D eigenvalue weighted by atomic mass is 35.5. The first-order valence-corrected chi connectivity index (χ1v) is 10.7. The molecule has 0 saturated heterocycles. The van der Waals surface area contributed by atoms with E-state index in [1.165, 1.54) is 0 Å². The van der Waals surface area contributed by atoms with E-state index in [2.05, 4.69) is 11.6 Å². The minimum Gasteiger partial charge on any atom is -0.494 e. The van der Waals surface area contributed by atoms with Gasteiger partial charge in [0.2, 0.25) is 0 Å². The molecule has 1 aromatic heterocycles. The van der Waals surface area contributed by atoms with Crippen LogP contribution in [0.25, 0.3) is 16.5 Å². The van der Waals surface area contributed by atoms with E-state index in [0.29, 0.717) is 36.1 Å². The van der Waals surface area contributed by atoms with Crippen molar-refractivity contribution in [2.45, 2.75) is 38.0 Å². The van der Waals surface area contributed by atoms with E-state index < -0.39 is 9.84 Å². The topological polar surface area (TPSA) is 65.5 Å². The van der Waals surface area contributed by atoms with Crippen LogP contribution in [0.5, 0.6) is 5.75 Å². The second-order valence-electron chi connectivity index (χ2n) is 6.30. The number of aromatic nitrogens is 1.